The number of furan rings is 1. The predicted molar refractivity (Wildman–Crippen MR) is 99.9 cm³/mol. The quantitative estimate of drug-likeness (QED) is 0.831. The highest BCUT2D eigenvalue weighted by atomic mass is 35.5. The molecule has 1 aliphatic rings. The van der Waals surface area contributed by atoms with Crippen molar-refractivity contribution in [3.63, 3.8) is 0 Å². The van der Waals surface area contributed by atoms with Crippen LogP contribution in [0, 0.1) is 0 Å². The third-order valence-electron chi connectivity index (χ3n) is 3.99. The van der Waals surface area contributed by atoms with Crippen LogP contribution < -0.4 is 0 Å². The average Bonchev–Trinajstić information content (AvgIpc) is 3.28. The molecule has 132 valence electrons. The molecule has 0 saturated heterocycles. The lowest BCUT2D eigenvalue weighted by molar-refractivity contribution is -0.132. The fraction of sp³-hybridized carbons (Fsp3) is 0.333. The van der Waals surface area contributed by atoms with Crippen molar-refractivity contribution in [1.29, 1.82) is 0 Å². The first kappa shape index (κ1) is 18.0. The Bertz CT molecular complexity index is 746. The summed E-state index contributed by atoms with van der Waals surface area (Å²) in [7, 11) is 0. The van der Waals surface area contributed by atoms with Gasteiger partial charge in [0.25, 0.3) is 5.91 Å². The van der Waals surface area contributed by atoms with Crippen LogP contribution in [0.2, 0.25) is 5.02 Å². The third-order valence-corrected chi connectivity index (χ3v) is 5.36. The number of nitrogens with zero attached hydrogens (tertiary/aromatic N) is 2. The summed E-state index contributed by atoms with van der Waals surface area (Å²) in [5.41, 5.74) is 1.76. The van der Waals surface area contributed by atoms with Gasteiger partial charge >= 0.3 is 0 Å². The summed E-state index contributed by atoms with van der Waals surface area (Å²) in [5.74, 6) is 1.13. The van der Waals surface area contributed by atoms with Gasteiger partial charge in [0.1, 0.15) is 11.8 Å². The van der Waals surface area contributed by atoms with Crippen LogP contribution in [-0.4, -0.2) is 39.3 Å². The fourth-order valence-corrected chi connectivity index (χ4v) is 3.56. The van der Waals surface area contributed by atoms with Gasteiger partial charge in [0.05, 0.1) is 23.8 Å². The second-order valence-electron chi connectivity index (χ2n) is 5.71. The highest BCUT2D eigenvalue weighted by Crippen LogP contribution is 2.34. The molecule has 1 amide bonds. The van der Waals surface area contributed by atoms with Crippen LogP contribution >= 0.6 is 23.4 Å². The molecule has 5 nitrogen and oxygen atoms in total. The minimum absolute atomic E-state index is 0.0448. The number of hydrazone groups is 1. The molecule has 0 bridgehead atoms. The molecule has 0 fully saturated rings. The first-order valence-corrected chi connectivity index (χ1v) is 9.45. The first-order valence-electron chi connectivity index (χ1n) is 8.02. The van der Waals surface area contributed by atoms with E-state index in [1.807, 2.05) is 43.3 Å². The summed E-state index contributed by atoms with van der Waals surface area (Å²) >= 11 is 7.37. The number of thioether (sulfide) groups is 1. The first-order chi connectivity index (χ1) is 12.1. The lowest BCUT2D eigenvalue weighted by atomic mass is 10.0. The molecule has 2 aromatic rings. The SMILES string of the molecule is C[C@H](SCCO)C(=O)N1N=C(c2ccc(Cl)cc2)C[C@H]1c1ccco1. The molecule has 3 rings (SSSR count). The van der Waals surface area contributed by atoms with E-state index in [0.29, 0.717) is 23.0 Å². The number of benzene rings is 1. The van der Waals surface area contributed by atoms with Gasteiger partial charge in [-0.2, -0.15) is 5.10 Å². The van der Waals surface area contributed by atoms with Gasteiger partial charge in [-0.05, 0) is 36.8 Å². The van der Waals surface area contributed by atoms with E-state index in [-0.39, 0.29) is 23.8 Å². The van der Waals surface area contributed by atoms with Gasteiger partial charge in [0.15, 0.2) is 0 Å². The van der Waals surface area contributed by atoms with Crippen LogP contribution in [0.15, 0.2) is 52.2 Å². The Kier molecular flexibility index (Phi) is 5.83. The molecule has 1 aromatic carbocycles. The average molecular weight is 379 g/mol. The Morgan fingerprint density at radius 1 is 1.44 bits per heavy atom. The minimum Gasteiger partial charge on any atom is -0.467 e. The molecule has 1 aliphatic heterocycles. The zero-order valence-corrected chi connectivity index (χ0v) is 15.3. The van der Waals surface area contributed by atoms with E-state index in [4.69, 9.17) is 21.1 Å². The van der Waals surface area contributed by atoms with Crippen molar-refractivity contribution in [2.24, 2.45) is 5.10 Å². The molecule has 0 spiro atoms. The third kappa shape index (κ3) is 4.08. The van der Waals surface area contributed by atoms with Crippen LogP contribution in [0.1, 0.15) is 30.7 Å². The predicted octanol–water partition coefficient (Wildman–Crippen LogP) is 3.72. The minimum atomic E-state index is -0.294. The maximum absolute atomic E-state index is 12.8. The molecule has 0 unspecified atom stereocenters. The molecular weight excluding hydrogens is 360 g/mol. The summed E-state index contributed by atoms with van der Waals surface area (Å²) in [5, 5.41) is 15.4. The van der Waals surface area contributed by atoms with Crippen molar-refractivity contribution >= 4 is 35.0 Å². The van der Waals surface area contributed by atoms with Gasteiger partial charge in [0.2, 0.25) is 0 Å². The van der Waals surface area contributed by atoms with Crippen molar-refractivity contribution in [3.8, 4) is 0 Å². The molecule has 0 saturated carbocycles. The summed E-state index contributed by atoms with van der Waals surface area (Å²) in [4.78, 5) is 12.8. The Morgan fingerprint density at radius 3 is 2.84 bits per heavy atom. The van der Waals surface area contributed by atoms with E-state index in [9.17, 15) is 4.79 Å². The standard InChI is InChI=1S/C18H19ClN2O3S/c1-12(25-10-8-22)18(23)21-16(17-3-2-9-24-17)11-15(20-21)13-4-6-14(19)7-5-13/h2-7,9,12,16,22H,8,10-11H2,1H3/t12-,16-/m0/s1. The number of amides is 1. The molecule has 1 N–H and O–H groups in total. The summed E-state index contributed by atoms with van der Waals surface area (Å²) in [6.45, 7) is 1.88. The molecule has 2 heterocycles. The maximum atomic E-state index is 12.8. The normalized spacial score (nSPS) is 18.3. The lowest BCUT2D eigenvalue weighted by Gasteiger charge is -2.22. The summed E-state index contributed by atoms with van der Waals surface area (Å²) in [6.07, 6.45) is 2.18. The van der Waals surface area contributed by atoms with Crippen LogP contribution in [0.25, 0.3) is 0 Å². The van der Waals surface area contributed by atoms with E-state index in [2.05, 4.69) is 5.10 Å². The molecule has 1 aromatic heterocycles. The number of hydrogen-bond acceptors (Lipinski definition) is 5. The van der Waals surface area contributed by atoms with E-state index in [1.54, 1.807) is 6.26 Å². The van der Waals surface area contributed by atoms with Crippen LogP contribution in [0.3, 0.4) is 0 Å². The second kappa shape index (κ2) is 8.08. The molecule has 2 atom stereocenters. The topological polar surface area (TPSA) is 66.0 Å². The Balaban J connectivity index is 1.87. The lowest BCUT2D eigenvalue weighted by Crippen LogP contribution is -2.33. The van der Waals surface area contributed by atoms with Gasteiger partial charge in [-0.25, -0.2) is 5.01 Å². The highest BCUT2D eigenvalue weighted by molar-refractivity contribution is 8.00. The van der Waals surface area contributed by atoms with Gasteiger partial charge in [-0.3, -0.25) is 4.79 Å². The Morgan fingerprint density at radius 2 is 2.20 bits per heavy atom. The van der Waals surface area contributed by atoms with Crippen LogP contribution in [0.5, 0.6) is 0 Å². The van der Waals surface area contributed by atoms with E-state index in [1.165, 1.54) is 16.8 Å². The number of hydrogen-bond donors (Lipinski definition) is 1. The molecule has 7 heteroatoms. The van der Waals surface area contributed by atoms with Gasteiger partial charge < -0.3 is 9.52 Å². The zero-order chi connectivity index (χ0) is 17.8. The Hall–Kier alpha value is -1.76. The van der Waals surface area contributed by atoms with Crippen molar-refractivity contribution in [1.82, 2.24) is 5.01 Å². The van der Waals surface area contributed by atoms with Crippen molar-refractivity contribution in [2.45, 2.75) is 24.6 Å². The maximum Gasteiger partial charge on any atom is 0.256 e. The van der Waals surface area contributed by atoms with E-state index in [0.717, 1.165) is 11.3 Å². The molecule has 25 heavy (non-hydrogen) atoms. The smallest absolute Gasteiger partial charge is 0.256 e. The van der Waals surface area contributed by atoms with Crippen molar-refractivity contribution in [2.75, 3.05) is 12.4 Å². The number of aliphatic hydroxyl groups is 1. The molecule has 0 aliphatic carbocycles. The van der Waals surface area contributed by atoms with Gasteiger partial charge in [0, 0.05) is 17.2 Å². The van der Waals surface area contributed by atoms with Gasteiger partial charge in [-0.1, -0.05) is 23.7 Å². The van der Waals surface area contributed by atoms with E-state index >= 15 is 0 Å². The summed E-state index contributed by atoms with van der Waals surface area (Å²) < 4.78 is 5.53. The van der Waals surface area contributed by atoms with Crippen molar-refractivity contribution < 1.29 is 14.3 Å². The number of rotatable bonds is 6. The molecule has 0 radical (unpaired) electrons. The summed E-state index contributed by atoms with van der Waals surface area (Å²) in [6, 6.07) is 10.8. The number of carbonyl (C=O) groups is 1. The largest absolute Gasteiger partial charge is 0.467 e. The fourth-order valence-electron chi connectivity index (χ4n) is 2.72. The van der Waals surface area contributed by atoms with Crippen LogP contribution in [0.4, 0.5) is 0 Å². The van der Waals surface area contributed by atoms with Crippen molar-refractivity contribution in [3.05, 3.63) is 59.0 Å². The van der Waals surface area contributed by atoms with Crippen LogP contribution in [-0.2, 0) is 4.79 Å². The number of halogens is 1. The Labute approximate surface area is 155 Å². The van der Waals surface area contributed by atoms with Gasteiger partial charge in [-0.15, -0.1) is 11.8 Å². The number of carbonyl (C=O) groups excluding carboxylic acids is 1. The second-order valence-corrected chi connectivity index (χ2v) is 7.59. The zero-order valence-electron chi connectivity index (χ0n) is 13.8. The monoisotopic (exact) mass is 378 g/mol. The van der Waals surface area contributed by atoms with E-state index < -0.39 is 0 Å². The molecular formula is C18H19ClN2O3S. The highest BCUT2D eigenvalue weighted by Gasteiger charge is 2.36. The number of aliphatic hydroxyl groups excluding tert-OH is 1.